The van der Waals surface area contributed by atoms with Crippen LogP contribution in [0.5, 0.6) is 0 Å². The maximum absolute atomic E-state index is 11.7. The topological polar surface area (TPSA) is 130 Å². The molecular formula is C12H22NO6-. The summed E-state index contributed by atoms with van der Waals surface area (Å²) in [4.78, 5) is 22.2. The van der Waals surface area contributed by atoms with Crippen LogP contribution in [0.3, 0.4) is 0 Å². The summed E-state index contributed by atoms with van der Waals surface area (Å²) in [5.74, 6) is -2.37. The highest BCUT2D eigenvalue weighted by Crippen LogP contribution is 2.22. The first-order chi connectivity index (χ1) is 8.45. The van der Waals surface area contributed by atoms with Crippen LogP contribution in [0.2, 0.25) is 0 Å². The number of hydrogen-bond donors (Lipinski definition) is 4. The summed E-state index contributed by atoms with van der Waals surface area (Å²) in [5, 5.41) is 41.1. The molecule has 0 heterocycles. The van der Waals surface area contributed by atoms with Crippen molar-refractivity contribution in [3.05, 3.63) is 0 Å². The van der Waals surface area contributed by atoms with Gasteiger partial charge in [0.2, 0.25) is 5.91 Å². The number of rotatable bonds is 7. The van der Waals surface area contributed by atoms with Gasteiger partial charge in [0, 0.05) is 17.4 Å². The number of carboxylic acid groups (broad SMARTS) is 1. The molecule has 7 heteroatoms. The van der Waals surface area contributed by atoms with Gasteiger partial charge in [-0.2, -0.15) is 0 Å². The molecule has 0 aliphatic heterocycles. The zero-order chi connectivity index (χ0) is 15.4. The molecule has 2 atom stereocenters. The van der Waals surface area contributed by atoms with Crippen LogP contribution >= 0.6 is 0 Å². The molecule has 0 aromatic rings. The van der Waals surface area contributed by atoms with E-state index in [0.717, 1.165) is 0 Å². The number of nitrogens with one attached hydrogen (secondary N) is 1. The van der Waals surface area contributed by atoms with Crippen molar-refractivity contribution in [2.75, 3.05) is 13.2 Å². The first-order valence-corrected chi connectivity index (χ1v) is 5.91. The van der Waals surface area contributed by atoms with Crippen LogP contribution in [0.25, 0.3) is 0 Å². The quantitative estimate of drug-likeness (QED) is 0.411. The number of aliphatic carboxylic acids is 1. The summed E-state index contributed by atoms with van der Waals surface area (Å²) in [5.41, 5.74) is -2.15. The fraction of sp³-hybridized carbons (Fsp3) is 0.833. The number of carboxylic acids is 1. The van der Waals surface area contributed by atoms with Crippen LogP contribution in [-0.4, -0.2) is 52.6 Å². The predicted molar refractivity (Wildman–Crippen MR) is 64.7 cm³/mol. The molecule has 7 nitrogen and oxygen atoms in total. The first kappa shape index (κ1) is 17.8. The van der Waals surface area contributed by atoms with Gasteiger partial charge >= 0.3 is 0 Å². The Labute approximate surface area is 112 Å². The molecule has 112 valence electrons. The van der Waals surface area contributed by atoms with Gasteiger partial charge in [-0.3, -0.25) is 4.79 Å². The van der Waals surface area contributed by atoms with Crippen LogP contribution in [0, 0.1) is 10.8 Å². The van der Waals surface area contributed by atoms with Gasteiger partial charge in [-0.15, -0.1) is 0 Å². The first-order valence-electron chi connectivity index (χ1n) is 5.91. The van der Waals surface area contributed by atoms with E-state index in [1.165, 1.54) is 27.7 Å². The third-order valence-corrected chi connectivity index (χ3v) is 3.08. The second-order valence-electron chi connectivity index (χ2n) is 5.98. The maximum atomic E-state index is 11.7. The van der Waals surface area contributed by atoms with E-state index < -0.39 is 34.9 Å². The van der Waals surface area contributed by atoms with E-state index in [0.29, 0.717) is 0 Å². The SMILES string of the molecule is CC(C)(CNC(=O)[C@H](O)C(C)(C)CO)[C@@H](O)C(=O)[O-]. The number of amides is 1. The second kappa shape index (κ2) is 6.31. The smallest absolute Gasteiger partial charge is 0.249 e. The third kappa shape index (κ3) is 4.77. The lowest BCUT2D eigenvalue weighted by Crippen LogP contribution is -2.52. The average Bonchev–Trinajstić information content (AvgIpc) is 2.33. The van der Waals surface area contributed by atoms with Gasteiger partial charge in [-0.25, -0.2) is 0 Å². The molecule has 0 fully saturated rings. The second-order valence-corrected chi connectivity index (χ2v) is 5.98. The van der Waals surface area contributed by atoms with Crippen molar-refractivity contribution in [3.63, 3.8) is 0 Å². The molecule has 0 aromatic heterocycles. The summed E-state index contributed by atoms with van der Waals surface area (Å²) in [6.45, 7) is 5.37. The summed E-state index contributed by atoms with van der Waals surface area (Å²) >= 11 is 0. The fourth-order valence-corrected chi connectivity index (χ4v) is 1.27. The van der Waals surface area contributed by atoms with E-state index in [2.05, 4.69) is 5.32 Å². The van der Waals surface area contributed by atoms with Gasteiger partial charge < -0.3 is 30.5 Å². The lowest BCUT2D eigenvalue weighted by Gasteiger charge is -2.33. The number of hydrogen-bond acceptors (Lipinski definition) is 6. The van der Waals surface area contributed by atoms with E-state index in [4.69, 9.17) is 5.11 Å². The van der Waals surface area contributed by atoms with Gasteiger partial charge in [0.05, 0.1) is 12.6 Å². The summed E-state index contributed by atoms with van der Waals surface area (Å²) in [6.07, 6.45) is -3.18. The molecule has 1 amide bonds. The molecule has 19 heavy (non-hydrogen) atoms. The molecule has 0 bridgehead atoms. The monoisotopic (exact) mass is 276 g/mol. The van der Waals surface area contributed by atoms with Crippen LogP contribution < -0.4 is 10.4 Å². The highest BCUT2D eigenvalue weighted by molar-refractivity contribution is 5.81. The van der Waals surface area contributed by atoms with Crippen LogP contribution in [-0.2, 0) is 9.59 Å². The molecule has 0 radical (unpaired) electrons. The van der Waals surface area contributed by atoms with Gasteiger partial charge in [0.25, 0.3) is 0 Å². The van der Waals surface area contributed by atoms with Gasteiger partial charge in [-0.1, -0.05) is 27.7 Å². The normalized spacial score (nSPS) is 15.7. The van der Waals surface area contributed by atoms with Crippen molar-refractivity contribution < 1.29 is 30.0 Å². The Morgan fingerprint density at radius 2 is 1.58 bits per heavy atom. The maximum Gasteiger partial charge on any atom is 0.249 e. The van der Waals surface area contributed by atoms with Crippen molar-refractivity contribution in [2.45, 2.75) is 39.9 Å². The van der Waals surface area contributed by atoms with Crippen LogP contribution in [0.4, 0.5) is 0 Å². The van der Waals surface area contributed by atoms with Crippen LogP contribution in [0.1, 0.15) is 27.7 Å². The molecule has 4 N–H and O–H groups in total. The summed E-state index contributed by atoms with van der Waals surface area (Å²) in [7, 11) is 0. The minimum atomic E-state index is -1.74. The van der Waals surface area contributed by atoms with Crippen LogP contribution in [0.15, 0.2) is 0 Å². The molecule has 0 rings (SSSR count). The average molecular weight is 276 g/mol. The van der Waals surface area contributed by atoms with E-state index in [1.807, 2.05) is 0 Å². The molecule has 0 aliphatic carbocycles. The van der Waals surface area contributed by atoms with E-state index in [-0.39, 0.29) is 13.2 Å². The van der Waals surface area contributed by atoms with Gasteiger partial charge in [0.15, 0.2) is 0 Å². The third-order valence-electron chi connectivity index (χ3n) is 3.08. The van der Waals surface area contributed by atoms with Crippen molar-refractivity contribution in [2.24, 2.45) is 10.8 Å². The van der Waals surface area contributed by atoms with E-state index >= 15 is 0 Å². The number of carbonyl (C=O) groups excluding carboxylic acids is 2. The molecule has 0 aromatic carbocycles. The summed E-state index contributed by atoms with van der Waals surface area (Å²) < 4.78 is 0. The zero-order valence-corrected chi connectivity index (χ0v) is 11.6. The summed E-state index contributed by atoms with van der Waals surface area (Å²) in [6, 6.07) is 0. The van der Waals surface area contributed by atoms with E-state index in [1.54, 1.807) is 0 Å². The predicted octanol–water partition coefficient (Wildman–Crippen LogP) is -2.38. The molecule has 0 spiro atoms. The number of aliphatic hydroxyl groups is 3. The lowest BCUT2D eigenvalue weighted by molar-refractivity contribution is -0.319. The minimum absolute atomic E-state index is 0.153. The Balaban J connectivity index is 4.57. The highest BCUT2D eigenvalue weighted by Gasteiger charge is 2.35. The zero-order valence-electron chi connectivity index (χ0n) is 11.6. The van der Waals surface area contributed by atoms with Crippen molar-refractivity contribution in [3.8, 4) is 0 Å². The Bertz CT molecular complexity index is 339. The fourth-order valence-electron chi connectivity index (χ4n) is 1.27. The minimum Gasteiger partial charge on any atom is -0.547 e. The largest absolute Gasteiger partial charge is 0.547 e. The van der Waals surface area contributed by atoms with E-state index in [9.17, 15) is 24.9 Å². The molecule has 0 unspecified atom stereocenters. The van der Waals surface area contributed by atoms with Crippen molar-refractivity contribution in [1.82, 2.24) is 5.32 Å². The molecular weight excluding hydrogens is 254 g/mol. The van der Waals surface area contributed by atoms with Gasteiger partial charge in [-0.05, 0) is 0 Å². The number of carbonyl (C=O) groups is 2. The standard InChI is InChI=1S/C12H23NO6/c1-11(2,8(16)10(18)19)5-13-9(17)7(15)12(3,4)6-14/h7-8,14-16H,5-6H2,1-4H3,(H,13,17)(H,18,19)/p-1/t7-,8-/m0/s1. The Morgan fingerprint density at radius 1 is 1.11 bits per heavy atom. The van der Waals surface area contributed by atoms with Gasteiger partial charge in [0.1, 0.15) is 12.2 Å². The molecule has 0 saturated carbocycles. The van der Waals surface area contributed by atoms with Crippen molar-refractivity contribution in [1.29, 1.82) is 0 Å². The van der Waals surface area contributed by atoms with Crippen molar-refractivity contribution >= 4 is 11.9 Å². The lowest BCUT2D eigenvalue weighted by atomic mass is 9.85. The highest BCUT2D eigenvalue weighted by atomic mass is 16.4. The molecule has 0 aliphatic rings. The molecule has 0 saturated heterocycles. The Morgan fingerprint density at radius 3 is 1.95 bits per heavy atom. The number of aliphatic hydroxyl groups excluding tert-OH is 3. The Hall–Kier alpha value is -1.18. The Kier molecular flexibility index (Phi) is 5.92.